The van der Waals surface area contributed by atoms with E-state index in [1.165, 1.54) is 0 Å². The SMILES string of the molecule is CC(C)(C)c1nc(CSc2cccc(Cl)c2)nc(N)c1Br. The quantitative estimate of drug-likeness (QED) is 0.749. The van der Waals surface area contributed by atoms with Gasteiger partial charge in [0.05, 0.1) is 15.9 Å². The lowest BCUT2D eigenvalue weighted by Crippen LogP contribution is -2.17. The molecule has 21 heavy (non-hydrogen) atoms. The van der Waals surface area contributed by atoms with E-state index in [-0.39, 0.29) is 5.41 Å². The maximum Gasteiger partial charge on any atom is 0.141 e. The van der Waals surface area contributed by atoms with E-state index in [0.717, 1.165) is 25.9 Å². The minimum atomic E-state index is -0.0919. The van der Waals surface area contributed by atoms with Crippen molar-refractivity contribution < 1.29 is 0 Å². The van der Waals surface area contributed by atoms with E-state index in [0.29, 0.717) is 11.6 Å². The molecular formula is C15H17BrClN3S. The first kappa shape index (κ1) is 16.6. The molecule has 1 aromatic carbocycles. The van der Waals surface area contributed by atoms with Crippen molar-refractivity contribution in [3.05, 3.63) is 45.3 Å². The van der Waals surface area contributed by atoms with Crippen molar-refractivity contribution in [1.29, 1.82) is 0 Å². The second-order valence-electron chi connectivity index (χ2n) is 5.68. The van der Waals surface area contributed by atoms with Gasteiger partial charge < -0.3 is 5.73 Å². The summed E-state index contributed by atoms with van der Waals surface area (Å²) in [7, 11) is 0. The van der Waals surface area contributed by atoms with Crippen LogP contribution in [-0.2, 0) is 11.2 Å². The Hall–Kier alpha value is -0.780. The van der Waals surface area contributed by atoms with Crippen LogP contribution in [0.25, 0.3) is 0 Å². The number of hydrogen-bond acceptors (Lipinski definition) is 4. The Bertz CT molecular complexity index is 656. The molecule has 0 bridgehead atoms. The van der Waals surface area contributed by atoms with Crippen LogP contribution >= 0.6 is 39.3 Å². The molecule has 0 unspecified atom stereocenters. The van der Waals surface area contributed by atoms with Crippen LogP contribution in [0.2, 0.25) is 5.02 Å². The van der Waals surface area contributed by atoms with Gasteiger partial charge in [0, 0.05) is 15.3 Å². The Kier molecular flexibility index (Phi) is 5.17. The van der Waals surface area contributed by atoms with Gasteiger partial charge in [-0.1, -0.05) is 38.4 Å². The second-order valence-corrected chi connectivity index (χ2v) is 7.96. The van der Waals surface area contributed by atoms with Crippen molar-refractivity contribution in [1.82, 2.24) is 9.97 Å². The maximum atomic E-state index is 5.99. The fourth-order valence-corrected chi connectivity index (χ4v) is 3.62. The number of thioether (sulfide) groups is 1. The van der Waals surface area contributed by atoms with Crippen molar-refractivity contribution in [2.45, 2.75) is 36.8 Å². The molecular weight excluding hydrogens is 370 g/mol. The molecule has 3 nitrogen and oxygen atoms in total. The Morgan fingerprint density at radius 1 is 1.29 bits per heavy atom. The van der Waals surface area contributed by atoms with Crippen LogP contribution in [0, 0.1) is 0 Å². The monoisotopic (exact) mass is 385 g/mol. The summed E-state index contributed by atoms with van der Waals surface area (Å²) in [4.78, 5) is 10.1. The molecule has 1 heterocycles. The normalized spacial score (nSPS) is 11.7. The third kappa shape index (κ3) is 4.34. The molecule has 0 radical (unpaired) electrons. The molecule has 0 atom stereocenters. The standard InChI is InChI=1S/C15H17BrClN3S/c1-15(2,3)13-12(16)14(18)20-11(19-13)8-21-10-6-4-5-9(17)7-10/h4-7H,8H2,1-3H3,(H2,18,19,20). The molecule has 0 fully saturated rings. The van der Waals surface area contributed by atoms with Gasteiger partial charge in [-0.3, -0.25) is 0 Å². The molecule has 2 aromatic rings. The number of hydrogen-bond donors (Lipinski definition) is 1. The van der Waals surface area contributed by atoms with Gasteiger partial charge in [-0.05, 0) is 34.1 Å². The van der Waals surface area contributed by atoms with E-state index in [4.69, 9.17) is 17.3 Å². The molecule has 2 N–H and O–H groups in total. The Morgan fingerprint density at radius 2 is 2.00 bits per heavy atom. The predicted molar refractivity (Wildman–Crippen MR) is 93.9 cm³/mol. The van der Waals surface area contributed by atoms with E-state index in [9.17, 15) is 0 Å². The molecule has 6 heteroatoms. The zero-order chi connectivity index (χ0) is 15.6. The van der Waals surface area contributed by atoms with Crippen LogP contribution < -0.4 is 5.73 Å². The van der Waals surface area contributed by atoms with Crippen molar-refractivity contribution in [3.63, 3.8) is 0 Å². The molecule has 112 valence electrons. The molecule has 1 aromatic heterocycles. The summed E-state index contributed by atoms with van der Waals surface area (Å²) in [5.74, 6) is 1.86. The van der Waals surface area contributed by atoms with Gasteiger partial charge in [-0.15, -0.1) is 11.8 Å². The summed E-state index contributed by atoms with van der Waals surface area (Å²) in [6, 6.07) is 7.74. The highest BCUT2D eigenvalue weighted by atomic mass is 79.9. The first-order chi connectivity index (χ1) is 9.77. The van der Waals surface area contributed by atoms with Crippen LogP contribution in [0.1, 0.15) is 32.3 Å². The lowest BCUT2D eigenvalue weighted by atomic mass is 9.92. The summed E-state index contributed by atoms with van der Waals surface area (Å²) < 4.78 is 0.784. The largest absolute Gasteiger partial charge is 0.383 e. The minimum Gasteiger partial charge on any atom is -0.383 e. The number of aromatic nitrogens is 2. The maximum absolute atomic E-state index is 5.99. The zero-order valence-electron chi connectivity index (χ0n) is 12.2. The summed E-state index contributed by atoms with van der Waals surface area (Å²) in [5, 5.41) is 0.728. The fraction of sp³-hybridized carbons (Fsp3) is 0.333. The molecule has 0 aliphatic heterocycles. The first-order valence-electron chi connectivity index (χ1n) is 6.48. The number of nitrogens with zero attached hydrogens (tertiary/aromatic N) is 2. The molecule has 0 saturated carbocycles. The molecule has 0 aliphatic rings. The Balaban J connectivity index is 2.23. The third-order valence-corrected chi connectivity index (χ3v) is 4.80. The smallest absolute Gasteiger partial charge is 0.141 e. The molecule has 0 aliphatic carbocycles. The Labute approximate surface area is 142 Å². The van der Waals surface area contributed by atoms with Crippen molar-refractivity contribution in [2.24, 2.45) is 0 Å². The highest BCUT2D eigenvalue weighted by Crippen LogP contribution is 2.32. The first-order valence-corrected chi connectivity index (χ1v) is 8.64. The van der Waals surface area contributed by atoms with Crippen LogP contribution in [0.5, 0.6) is 0 Å². The number of nitrogens with two attached hydrogens (primary N) is 1. The van der Waals surface area contributed by atoms with E-state index in [1.54, 1.807) is 11.8 Å². The van der Waals surface area contributed by atoms with Gasteiger partial charge in [0.1, 0.15) is 11.6 Å². The van der Waals surface area contributed by atoms with Crippen molar-refractivity contribution >= 4 is 45.1 Å². The lowest BCUT2D eigenvalue weighted by Gasteiger charge is -2.20. The average Bonchev–Trinajstić information content (AvgIpc) is 2.38. The summed E-state index contributed by atoms with van der Waals surface area (Å²) in [6.07, 6.45) is 0. The highest BCUT2D eigenvalue weighted by Gasteiger charge is 2.22. The molecule has 2 rings (SSSR count). The number of nitrogen functional groups attached to an aromatic ring is 1. The minimum absolute atomic E-state index is 0.0919. The molecule has 0 spiro atoms. The number of halogens is 2. The highest BCUT2D eigenvalue weighted by molar-refractivity contribution is 9.10. The Morgan fingerprint density at radius 3 is 2.62 bits per heavy atom. The number of benzene rings is 1. The topological polar surface area (TPSA) is 51.8 Å². The molecule has 0 amide bonds. The van der Waals surface area contributed by atoms with Crippen molar-refractivity contribution in [3.8, 4) is 0 Å². The van der Waals surface area contributed by atoms with E-state index in [2.05, 4.69) is 46.7 Å². The summed E-state index contributed by atoms with van der Waals surface area (Å²) in [5.41, 5.74) is 6.82. The number of rotatable bonds is 3. The van der Waals surface area contributed by atoms with Gasteiger partial charge in [-0.2, -0.15) is 0 Å². The van der Waals surface area contributed by atoms with E-state index in [1.807, 2.05) is 24.3 Å². The van der Waals surface area contributed by atoms with Crippen LogP contribution in [0.3, 0.4) is 0 Å². The van der Waals surface area contributed by atoms with Gasteiger partial charge in [0.25, 0.3) is 0 Å². The van der Waals surface area contributed by atoms with Crippen LogP contribution in [0.15, 0.2) is 33.6 Å². The van der Waals surface area contributed by atoms with E-state index < -0.39 is 0 Å². The van der Waals surface area contributed by atoms with Gasteiger partial charge in [0.15, 0.2) is 0 Å². The third-order valence-electron chi connectivity index (χ3n) is 2.80. The van der Waals surface area contributed by atoms with E-state index >= 15 is 0 Å². The summed E-state index contributed by atoms with van der Waals surface area (Å²) >= 11 is 11.1. The van der Waals surface area contributed by atoms with Crippen LogP contribution in [-0.4, -0.2) is 9.97 Å². The molecule has 0 saturated heterocycles. The second kappa shape index (κ2) is 6.55. The van der Waals surface area contributed by atoms with Gasteiger partial charge >= 0.3 is 0 Å². The average molecular weight is 387 g/mol. The predicted octanol–water partition coefficient (Wildman–Crippen LogP) is 5.06. The fourth-order valence-electron chi connectivity index (χ4n) is 1.78. The van der Waals surface area contributed by atoms with Crippen molar-refractivity contribution in [2.75, 3.05) is 5.73 Å². The van der Waals surface area contributed by atoms with Gasteiger partial charge in [0.2, 0.25) is 0 Å². The number of anilines is 1. The van der Waals surface area contributed by atoms with Gasteiger partial charge in [-0.25, -0.2) is 9.97 Å². The summed E-state index contributed by atoms with van der Waals surface area (Å²) in [6.45, 7) is 6.31. The van der Waals surface area contributed by atoms with Crippen LogP contribution in [0.4, 0.5) is 5.82 Å². The zero-order valence-corrected chi connectivity index (χ0v) is 15.3. The lowest BCUT2D eigenvalue weighted by molar-refractivity contribution is 0.561.